The number of hydrogen-bond donors (Lipinski definition) is 1. The quantitative estimate of drug-likeness (QED) is 0.413. The molecule has 0 radical (unpaired) electrons. The van der Waals surface area contributed by atoms with Crippen LogP contribution in [-0.4, -0.2) is 30.9 Å². The minimum absolute atomic E-state index is 0.182. The van der Waals surface area contributed by atoms with Gasteiger partial charge in [0.1, 0.15) is 10.8 Å². The first-order valence-corrected chi connectivity index (χ1v) is 10.3. The number of ether oxygens (including phenoxy) is 2. The first kappa shape index (κ1) is 21.6. The number of ketones is 1. The largest absolute Gasteiger partial charge is 0.483 e. The highest BCUT2D eigenvalue weighted by Gasteiger charge is 2.25. The summed E-state index contributed by atoms with van der Waals surface area (Å²) < 4.78 is 12.1. The summed E-state index contributed by atoms with van der Waals surface area (Å²) in [6.45, 7) is 4.69. The summed E-state index contributed by atoms with van der Waals surface area (Å²) in [5.74, 6) is -0.707. The SMILES string of the molecule is CCOC(=O)c1c(NC(=O)COc2ccc(Br)cc2Br)sc(C(C)=O)c1C. The van der Waals surface area contributed by atoms with Crippen LogP contribution in [0.3, 0.4) is 0 Å². The molecule has 9 heteroatoms. The second-order valence-electron chi connectivity index (χ2n) is 5.45. The molecule has 2 aromatic rings. The molecule has 6 nitrogen and oxygen atoms in total. The van der Waals surface area contributed by atoms with Crippen LogP contribution in [0, 0.1) is 6.92 Å². The van der Waals surface area contributed by atoms with Gasteiger partial charge in [0.2, 0.25) is 0 Å². The van der Waals surface area contributed by atoms with Gasteiger partial charge in [0.05, 0.1) is 21.5 Å². The van der Waals surface area contributed by atoms with E-state index in [0.29, 0.717) is 20.7 Å². The van der Waals surface area contributed by atoms with Crippen LogP contribution in [0.1, 0.15) is 39.4 Å². The van der Waals surface area contributed by atoms with E-state index in [4.69, 9.17) is 9.47 Å². The lowest BCUT2D eigenvalue weighted by Gasteiger charge is -2.09. The number of esters is 1. The summed E-state index contributed by atoms with van der Waals surface area (Å²) in [5, 5.41) is 2.92. The molecule has 0 unspecified atom stereocenters. The summed E-state index contributed by atoms with van der Waals surface area (Å²) in [6, 6.07) is 5.31. The van der Waals surface area contributed by atoms with Crippen molar-refractivity contribution in [2.75, 3.05) is 18.5 Å². The van der Waals surface area contributed by atoms with Gasteiger partial charge in [0.25, 0.3) is 5.91 Å². The van der Waals surface area contributed by atoms with Gasteiger partial charge in [-0.25, -0.2) is 4.79 Å². The van der Waals surface area contributed by atoms with Crippen molar-refractivity contribution in [3.05, 3.63) is 43.1 Å². The number of anilines is 1. The summed E-state index contributed by atoms with van der Waals surface area (Å²) in [5.41, 5.74) is 0.697. The van der Waals surface area contributed by atoms with Crippen LogP contribution in [-0.2, 0) is 9.53 Å². The maximum Gasteiger partial charge on any atom is 0.341 e. The average molecular weight is 519 g/mol. The number of Topliss-reactive ketones (excluding diaryl/α,β-unsaturated/α-hetero) is 1. The molecule has 0 spiro atoms. The first-order valence-electron chi connectivity index (χ1n) is 7.93. The van der Waals surface area contributed by atoms with Gasteiger partial charge in [0.15, 0.2) is 12.4 Å². The fourth-order valence-electron chi connectivity index (χ4n) is 2.28. The minimum atomic E-state index is -0.578. The Hall–Kier alpha value is -1.71. The van der Waals surface area contributed by atoms with Gasteiger partial charge in [-0.15, -0.1) is 11.3 Å². The number of thiophene rings is 1. The molecule has 0 aliphatic heterocycles. The smallest absolute Gasteiger partial charge is 0.341 e. The van der Waals surface area contributed by atoms with E-state index < -0.39 is 11.9 Å². The number of amides is 1. The molecule has 1 heterocycles. The number of hydrogen-bond acceptors (Lipinski definition) is 6. The van der Waals surface area contributed by atoms with Crippen LogP contribution in [0.2, 0.25) is 0 Å². The number of benzene rings is 1. The first-order chi connectivity index (χ1) is 12.7. The van der Waals surface area contributed by atoms with Crippen LogP contribution < -0.4 is 10.1 Å². The van der Waals surface area contributed by atoms with Crippen molar-refractivity contribution in [2.24, 2.45) is 0 Å². The monoisotopic (exact) mass is 517 g/mol. The predicted molar refractivity (Wildman–Crippen MR) is 111 cm³/mol. The van der Waals surface area contributed by atoms with Crippen molar-refractivity contribution < 1.29 is 23.9 Å². The molecule has 1 amide bonds. The van der Waals surface area contributed by atoms with Gasteiger partial charge in [-0.1, -0.05) is 15.9 Å². The van der Waals surface area contributed by atoms with E-state index in [-0.39, 0.29) is 29.6 Å². The van der Waals surface area contributed by atoms with E-state index in [2.05, 4.69) is 37.2 Å². The molecule has 27 heavy (non-hydrogen) atoms. The van der Waals surface area contributed by atoms with E-state index >= 15 is 0 Å². The number of rotatable bonds is 7. The zero-order chi connectivity index (χ0) is 20.1. The van der Waals surface area contributed by atoms with Crippen molar-refractivity contribution in [3.63, 3.8) is 0 Å². The van der Waals surface area contributed by atoms with E-state index in [1.165, 1.54) is 6.92 Å². The molecular weight excluding hydrogens is 502 g/mol. The Labute approximate surface area is 177 Å². The highest BCUT2D eigenvalue weighted by atomic mass is 79.9. The van der Waals surface area contributed by atoms with Crippen LogP contribution in [0.15, 0.2) is 27.1 Å². The summed E-state index contributed by atoms with van der Waals surface area (Å²) in [4.78, 5) is 36.7. The maximum atomic E-state index is 12.3. The third-order valence-electron chi connectivity index (χ3n) is 3.45. The lowest BCUT2D eigenvalue weighted by molar-refractivity contribution is -0.118. The molecule has 1 N–H and O–H groups in total. The van der Waals surface area contributed by atoms with Crippen molar-refractivity contribution >= 4 is 65.9 Å². The van der Waals surface area contributed by atoms with Gasteiger partial charge >= 0.3 is 5.97 Å². The number of halogens is 2. The predicted octanol–water partition coefficient (Wildman–Crippen LogP) is 4.98. The van der Waals surface area contributed by atoms with Crippen molar-refractivity contribution in [1.29, 1.82) is 0 Å². The molecular formula is C18H17Br2NO5S. The van der Waals surface area contributed by atoms with Gasteiger partial charge in [0, 0.05) is 4.47 Å². The molecule has 1 aromatic carbocycles. The fraction of sp³-hybridized carbons (Fsp3) is 0.278. The molecule has 2 rings (SSSR count). The van der Waals surface area contributed by atoms with Gasteiger partial charge in [-0.05, 0) is 60.5 Å². The van der Waals surface area contributed by atoms with Gasteiger partial charge in [-0.3, -0.25) is 9.59 Å². The van der Waals surface area contributed by atoms with E-state index in [0.717, 1.165) is 15.8 Å². The zero-order valence-electron chi connectivity index (χ0n) is 14.9. The molecule has 0 aliphatic carbocycles. The standard InChI is InChI=1S/C18H17Br2NO5S/c1-4-25-18(24)15-9(2)16(10(3)22)27-17(15)21-14(23)8-26-13-6-5-11(19)7-12(13)20/h5-7H,4,8H2,1-3H3,(H,21,23). The normalized spacial score (nSPS) is 10.4. The molecule has 0 aliphatic rings. The topological polar surface area (TPSA) is 81.7 Å². The summed E-state index contributed by atoms with van der Waals surface area (Å²) >= 11 is 7.75. The molecule has 144 valence electrons. The third-order valence-corrected chi connectivity index (χ3v) is 5.87. The minimum Gasteiger partial charge on any atom is -0.483 e. The number of carbonyl (C=O) groups excluding carboxylic acids is 3. The van der Waals surface area contributed by atoms with Crippen LogP contribution in [0.4, 0.5) is 5.00 Å². The highest BCUT2D eigenvalue weighted by Crippen LogP contribution is 2.34. The maximum absolute atomic E-state index is 12.3. The Bertz CT molecular complexity index is 894. The van der Waals surface area contributed by atoms with Crippen molar-refractivity contribution in [3.8, 4) is 5.75 Å². The molecule has 0 saturated heterocycles. The molecule has 0 bridgehead atoms. The lowest BCUT2D eigenvalue weighted by atomic mass is 10.1. The molecule has 0 fully saturated rings. The number of carbonyl (C=O) groups is 3. The summed E-state index contributed by atoms with van der Waals surface area (Å²) in [7, 11) is 0. The second kappa shape index (κ2) is 9.48. The average Bonchev–Trinajstić information content (AvgIpc) is 2.90. The van der Waals surface area contributed by atoms with Crippen LogP contribution in [0.5, 0.6) is 5.75 Å². The van der Waals surface area contributed by atoms with Gasteiger partial charge < -0.3 is 14.8 Å². The van der Waals surface area contributed by atoms with Gasteiger partial charge in [-0.2, -0.15) is 0 Å². The van der Waals surface area contributed by atoms with E-state index in [1.54, 1.807) is 32.0 Å². The Balaban J connectivity index is 2.17. The number of nitrogens with one attached hydrogen (secondary N) is 1. The molecule has 1 aromatic heterocycles. The zero-order valence-corrected chi connectivity index (χ0v) is 18.8. The van der Waals surface area contributed by atoms with Crippen molar-refractivity contribution in [2.45, 2.75) is 20.8 Å². The fourth-order valence-corrected chi connectivity index (χ4v) is 4.55. The highest BCUT2D eigenvalue weighted by molar-refractivity contribution is 9.11. The van der Waals surface area contributed by atoms with Crippen molar-refractivity contribution in [1.82, 2.24) is 0 Å². The molecule has 0 atom stereocenters. The molecule has 0 saturated carbocycles. The van der Waals surface area contributed by atoms with Crippen LogP contribution >= 0.6 is 43.2 Å². The van der Waals surface area contributed by atoms with E-state index in [1.807, 2.05) is 0 Å². The second-order valence-corrected chi connectivity index (χ2v) is 8.24. The van der Waals surface area contributed by atoms with Crippen LogP contribution in [0.25, 0.3) is 0 Å². The Morgan fingerprint density at radius 2 is 1.93 bits per heavy atom. The third kappa shape index (κ3) is 5.40. The van der Waals surface area contributed by atoms with E-state index in [9.17, 15) is 14.4 Å². The summed E-state index contributed by atoms with van der Waals surface area (Å²) in [6.07, 6.45) is 0. The Morgan fingerprint density at radius 3 is 2.52 bits per heavy atom. The lowest BCUT2D eigenvalue weighted by Crippen LogP contribution is -2.21. The Kier molecular flexibility index (Phi) is 7.58. The Morgan fingerprint density at radius 1 is 1.22 bits per heavy atom.